The Kier molecular flexibility index (Phi) is 7.69. The molecule has 1 atom stereocenters. The number of non-ortho nitro benzene ring substituents is 1. The van der Waals surface area contributed by atoms with Gasteiger partial charge in [-0.1, -0.05) is 30.3 Å². The van der Waals surface area contributed by atoms with E-state index in [0.717, 1.165) is 25.2 Å². The average molecular weight is 426 g/mol. The van der Waals surface area contributed by atoms with Crippen LogP contribution in [0.25, 0.3) is 0 Å². The molecule has 0 aromatic heterocycles. The van der Waals surface area contributed by atoms with Crippen LogP contribution in [0.4, 0.5) is 11.4 Å². The van der Waals surface area contributed by atoms with Gasteiger partial charge in [-0.2, -0.15) is 0 Å². The molecule has 0 spiro atoms. The van der Waals surface area contributed by atoms with Crippen molar-refractivity contribution in [1.29, 1.82) is 0 Å². The molecule has 3 rings (SSSR count). The topological polar surface area (TPSA) is 114 Å². The number of morpholine rings is 1. The van der Waals surface area contributed by atoms with Crippen LogP contribution in [0.1, 0.15) is 23.7 Å². The van der Waals surface area contributed by atoms with Gasteiger partial charge in [0.1, 0.15) is 0 Å². The van der Waals surface area contributed by atoms with E-state index < -0.39 is 16.7 Å². The highest BCUT2D eigenvalue weighted by Crippen LogP contribution is 2.22. The Labute approximate surface area is 180 Å². The van der Waals surface area contributed by atoms with Crippen molar-refractivity contribution in [3.8, 4) is 0 Å². The molecule has 1 saturated heterocycles. The van der Waals surface area contributed by atoms with E-state index in [1.165, 1.54) is 18.2 Å². The Morgan fingerprint density at radius 3 is 2.68 bits per heavy atom. The third kappa shape index (κ3) is 6.34. The smallest absolute Gasteiger partial charge is 0.313 e. The number of nitrogens with zero attached hydrogens (tertiary/aromatic N) is 2. The number of hydrogen-bond acceptors (Lipinski definition) is 6. The first-order chi connectivity index (χ1) is 14.9. The van der Waals surface area contributed by atoms with Crippen molar-refractivity contribution in [3.05, 3.63) is 69.8 Å². The van der Waals surface area contributed by atoms with E-state index in [4.69, 9.17) is 4.74 Å². The fourth-order valence-electron chi connectivity index (χ4n) is 3.44. The zero-order valence-corrected chi connectivity index (χ0v) is 17.4. The number of amides is 2. The molecule has 1 unspecified atom stereocenters. The van der Waals surface area contributed by atoms with Crippen LogP contribution in [0.5, 0.6) is 0 Å². The van der Waals surface area contributed by atoms with Crippen molar-refractivity contribution in [1.82, 2.24) is 10.2 Å². The van der Waals surface area contributed by atoms with Gasteiger partial charge in [-0.25, -0.2) is 0 Å². The molecule has 0 saturated carbocycles. The number of anilines is 1. The van der Waals surface area contributed by atoms with Crippen LogP contribution in [0, 0.1) is 17.0 Å². The van der Waals surface area contributed by atoms with E-state index in [0.29, 0.717) is 30.8 Å². The molecule has 1 fully saturated rings. The van der Waals surface area contributed by atoms with Gasteiger partial charge in [-0.05, 0) is 30.5 Å². The van der Waals surface area contributed by atoms with Gasteiger partial charge in [0.05, 0.1) is 17.6 Å². The van der Waals surface area contributed by atoms with Gasteiger partial charge in [-0.3, -0.25) is 24.6 Å². The monoisotopic (exact) mass is 426 g/mol. The molecular weight excluding hydrogens is 400 g/mol. The maximum absolute atomic E-state index is 12.1. The molecule has 1 aliphatic rings. The van der Waals surface area contributed by atoms with Crippen molar-refractivity contribution in [2.24, 2.45) is 0 Å². The molecule has 2 aromatic rings. The van der Waals surface area contributed by atoms with E-state index >= 15 is 0 Å². The van der Waals surface area contributed by atoms with Crippen molar-refractivity contribution in [3.63, 3.8) is 0 Å². The van der Waals surface area contributed by atoms with E-state index in [2.05, 4.69) is 27.7 Å². The van der Waals surface area contributed by atoms with Crippen molar-refractivity contribution in [2.45, 2.75) is 19.4 Å². The maximum Gasteiger partial charge on any atom is 0.313 e. The SMILES string of the molecule is Cc1cc([N+](=O)[O-])ccc1NC(=O)C(=O)NCCCN1CCOC(c2ccccc2)C1. The normalized spacial score (nSPS) is 16.5. The third-order valence-corrected chi connectivity index (χ3v) is 5.13. The summed E-state index contributed by atoms with van der Waals surface area (Å²) < 4.78 is 5.86. The summed E-state index contributed by atoms with van der Waals surface area (Å²) in [5, 5.41) is 15.9. The van der Waals surface area contributed by atoms with E-state index in [1.807, 2.05) is 18.2 Å². The lowest BCUT2D eigenvalue weighted by atomic mass is 10.1. The Bertz CT molecular complexity index is 935. The van der Waals surface area contributed by atoms with Gasteiger partial charge in [0, 0.05) is 44.0 Å². The summed E-state index contributed by atoms with van der Waals surface area (Å²) in [7, 11) is 0. The highest BCUT2D eigenvalue weighted by atomic mass is 16.6. The molecule has 9 heteroatoms. The van der Waals surface area contributed by atoms with Crippen LogP contribution in [-0.4, -0.2) is 54.4 Å². The molecule has 1 heterocycles. The molecule has 2 N–H and O–H groups in total. The van der Waals surface area contributed by atoms with E-state index in [-0.39, 0.29) is 11.8 Å². The van der Waals surface area contributed by atoms with Gasteiger partial charge in [0.2, 0.25) is 0 Å². The van der Waals surface area contributed by atoms with Crippen LogP contribution >= 0.6 is 0 Å². The number of hydrogen-bond donors (Lipinski definition) is 2. The molecule has 1 aliphatic heterocycles. The number of aryl methyl sites for hydroxylation is 1. The van der Waals surface area contributed by atoms with Crippen molar-refractivity contribution >= 4 is 23.2 Å². The molecule has 2 amide bonds. The molecule has 0 aliphatic carbocycles. The summed E-state index contributed by atoms with van der Waals surface area (Å²) in [6.45, 7) is 5.07. The van der Waals surface area contributed by atoms with Crippen LogP contribution in [0.2, 0.25) is 0 Å². The lowest BCUT2D eigenvalue weighted by Crippen LogP contribution is -2.41. The van der Waals surface area contributed by atoms with Crippen molar-refractivity contribution < 1.29 is 19.2 Å². The third-order valence-electron chi connectivity index (χ3n) is 5.13. The Morgan fingerprint density at radius 2 is 1.97 bits per heavy atom. The second-order valence-corrected chi connectivity index (χ2v) is 7.39. The zero-order valence-electron chi connectivity index (χ0n) is 17.4. The molecule has 9 nitrogen and oxygen atoms in total. The summed E-state index contributed by atoms with van der Waals surface area (Å²) in [5.74, 6) is -1.53. The molecule has 2 aromatic carbocycles. The number of ether oxygens (including phenoxy) is 1. The number of carbonyl (C=O) groups excluding carboxylic acids is 2. The standard InChI is InChI=1S/C22H26N4O5/c1-16-14-18(26(29)30)8-9-19(16)24-22(28)21(27)23-10-5-11-25-12-13-31-20(15-25)17-6-3-2-4-7-17/h2-4,6-9,14,20H,5,10-13,15H2,1H3,(H,23,27)(H,24,28). The first kappa shape index (κ1) is 22.4. The lowest BCUT2D eigenvalue weighted by Gasteiger charge is -2.33. The number of carbonyl (C=O) groups is 2. The Balaban J connectivity index is 1.40. The minimum absolute atomic E-state index is 0.0419. The molecule has 0 radical (unpaired) electrons. The molecule has 164 valence electrons. The minimum Gasteiger partial charge on any atom is -0.371 e. The summed E-state index contributed by atoms with van der Waals surface area (Å²) in [6.07, 6.45) is 0.747. The van der Waals surface area contributed by atoms with Gasteiger partial charge in [0.25, 0.3) is 5.69 Å². The Morgan fingerprint density at radius 1 is 1.19 bits per heavy atom. The molecular formula is C22H26N4O5. The number of rotatable bonds is 7. The maximum atomic E-state index is 12.1. The first-order valence-electron chi connectivity index (χ1n) is 10.2. The van der Waals surface area contributed by atoms with Crippen LogP contribution < -0.4 is 10.6 Å². The predicted octanol–water partition coefficient (Wildman–Crippen LogP) is 2.42. The number of nitrogens with one attached hydrogen (secondary N) is 2. The molecule has 0 bridgehead atoms. The van der Waals surface area contributed by atoms with Crippen LogP contribution in [0.15, 0.2) is 48.5 Å². The van der Waals surface area contributed by atoms with Crippen molar-refractivity contribution in [2.75, 3.05) is 38.1 Å². The summed E-state index contributed by atoms with van der Waals surface area (Å²) >= 11 is 0. The number of nitro groups is 1. The number of benzene rings is 2. The van der Waals surface area contributed by atoms with Crippen LogP contribution in [0.3, 0.4) is 0 Å². The number of nitro benzene ring substituents is 1. The first-order valence-corrected chi connectivity index (χ1v) is 10.2. The zero-order chi connectivity index (χ0) is 22.2. The predicted molar refractivity (Wildman–Crippen MR) is 116 cm³/mol. The van der Waals surface area contributed by atoms with Gasteiger partial charge >= 0.3 is 11.8 Å². The summed E-state index contributed by atoms with van der Waals surface area (Å²) in [5.41, 5.74) is 1.96. The minimum atomic E-state index is -0.799. The summed E-state index contributed by atoms with van der Waals surface area (Å²) in [6, 6.07) is 14.1. The fraction of sp³-hybridized carbons (Fsp3) is 0.364. The largest absolute Gasteiger partial charge is 0.371 e. The Hall–Kier alpha value is -3.30. The summed E-state index contributed by atoms with van der Waals surface area (Å²) in [4.78, 5) is 36.7. The van der Waals surface area contributed by atoms with E-state index in [9.17, 15) is 19.7 Å². The molecule has 31 heavy (non-hydrogen) atoms. The fourth-order valence-corrected chi connectivity index (χ4v) is 3.44. The second kappa shape index (κ2) is 10.6. The van der Waals surface area contributed by atoms with Gasteiger partial charge in [0.15, 0.2) is 0 Å². The highest BCUT2D eigenvalue weighted by molar-refractivity contribution is 6.39. The highest BCUT2D eigenvalue weighted by Gasteiger charge is 2.21. The average Bonchev–Trinajstić information content (AvgIpc) is 2.78. The van der Waals surface area contributed by atoms with Gasteiger partial charge in [-0.15, -0.1) is 0 Å². The van der Waals surface area contributed by atoms with Crippen LogP contribution in [-0.2, 0) is 14.3 Å². The second-order valence-electron chi connectivity index (χ2n) is 7.39. The lowest BCUT2D eigenvalue weighted by molar-refractivity contribution is -0.384. The van der Waals surface area contributed by atoms with E-state index in [1.54, 1.807) is 6.92 Å². The quantitative estimate of drug-likeness (QED) is 0.304. The van der Waals surface area contributed by atoms with Gasteiger partial charge < -0.3 is 15.4 Å².